The van der Waals surface area contributed by atoms with Crippen molar-refractivity contribution in [3.8, 4) is 0 Å². The third kappa shape index (κ3) is 0.997. The summed E-state index contributed by atoms with van der Waals surface area (Å²) < 4.78 is 0. The van der Waals surface area contributed by atoms with Gasteiger partial charge in [-0.3, -0.25) is 0 Å². The Hall–Kier alpha value is 0. The Morgan fingerprint density at radius 2 is 1.89 bits per heavy atom. The minimum absolute atomic E-state index is 1.04. The average molecular weight is 123 g/mol. The van der Waals surface area contributed by atoms with Gasteiger partial charge in [-0.15, -0.1) is 0 Å². The van der Waals surface area contributed by atoms with Gasteiger partial charge in [0.15, 0.2) is 0 Å². The summed E-state index contributed by atoms with van der Waals surface area (Å²) in [6.45, 7) is 0. The third-order valence-corrected chi connectivity index (χ3v) is 2.97. The summed E-state index contributed by atoms with van der Waals surface area (Å²) in [6.07, 6.45) is 11.5. The molecule has 0 heterocycles. The standard InChI is InChI=1S/C9H15/c1-2-5-9-7-3-6-8(9)4-1/h4,8-9H,1-3,5-7H2/t8-,9-/m1/s1. The van der Waals surface area contributed by atoms with Crippen molar-refractivity contribution in [2.45, 2.75) is 38.5 Å². The SMILES string of the molecule is [CH]1CCC[C@@H]2CCC[C@@H]12. The molecular formula is C9H15. The molecule has 0 unspecified atom stereocenters. The lowest BCUT2D eigenvalue weighted by Crippen LogP contribution is -2.13. The minimum Gasteiger partial charge on any atom is -0.0527 e. The van der Waals surface area contributed by atoms with Crippen molar-refractivity contribution < 1.29 is 0 Å². The minimum atomic E-state index is 1.04. The van der Waals surface area contributed by atoms with Gasteiger partial charge >= 0.3 is 0 Å². The van der Waals surface area contributed by atoms with Crippen LogP contribution in [0.15, 0.2) is 0 Å². The van der Waals surface area contributed by atoms with E-state index in [9.17, 15) is 0 Å². The van der Waals surface area contributed by atoms with Crippen LogP contribution in [0.5, 0.6) is 0 Å². The van der Waals surface area contributed by atoms with Gasteiger partial charge in [0.25, 0.3) is 0 Å². The van der Waals surface area contributed by atoms with Gasteiger partial charge in [-0.05, 0) is 31.1 Å². The average Bonchev–Trinajstić information content (AvgIpc) is 2.33. The molecule has 2 saturated carbocycles. The van der Waals surface area contributed by atoms with Crippen LogP contribution in [0.25, 0.3) is 0 Å². The summed E-state index contributed by atoms with van der Waals surface area (Å²) in [5.74, 6) is 2.15. The molecule has 0 spiro atoms. The zero-order valence-electron chi connectivity index (χ0n) is 5.97. The predicted molar refractivity (Wildman–Crippen MR) is 39.0 cm³/mol. The van der Waals surface area contributed by atoms with Crippen LogP contribution in [0.2, 0.25) is 0 Å². The Kier molecular flexibility index (Phi) is 1.48. The van der Waals surface area contributed by atoms with E-state index in [1.54, 1.807) is 0 Å². The van der Waals surface area contributed by atoms with Gasteiger partial charge in [0, 0.05) is 0 Å². The van der Waals surface area contributed by atoms with E-state index in [-0.39, 0.29) is 0 Å². The van der Waals surface area contributed by atoms with Crippen LogP contribution in [-0.4, -0.2) is 0 Å². The van der Waals surface area contributed by atoms with Gasteiger partial charge in [-0.1, -0.05) is 25.7 Å². The lowest BCUT2D eigenvalue weighted by Gasteiger charge is -2.23. The van der Waals surface area contributed by atoms with Gasteiger partial charge in [0.1, 0.15) is 0 Å². The Morgan fingerprint density at radius 3 is 2.78 bits per heavy atom. The smallest absolute Gasteiger partial charge is 0.0352 e. The van der Waals surface area contributed by atoms with Gasteiger partial charge in [0.2, 0.25) is 0 Å². The highest BCUT2D eigenvalue weighted by Gasteiger charge is 2.28. The quantitative estimate of drug-likeness (QED) is 0.464. The summed E-state index contributed by atoms with van der Waals surface area (Å²) in [5.41, 5.74) is 0. The molecule has 9 heavy (non-hydrogen) atoms. The molecule has 0 amide bonds. The highest BCUT2D eigenvalue weighted by molar-refractivity contribution is 4.90. The summed E-state index contributed by atoms with van der Waals surface area (Å²) >= 11 is 0. The van der Waals surface area contributed by atoms with E-state index in [4.69, 9.17) is 0 Å². The molecule has 0 heteroatoms. The molecule has 2 aliphatic carbocycles. The van der Waals surface area contributed by atoms with Crippen molar-refractivity contribution in [2.75, 3.05) is 0 Å². The molecule has 0 nitrogen and oxygen atoms in total. The predicted octanol–water partition coefficient (Wildman–Crippen LogP) is 2.79. The van der Waals surface area contributed by atoms with Gasteiger partial charge in [-0.25, -0.2) is 0 Å². The molecule has 0 N–H and O–H groups in total. The topological polar surface area (TPSA) is 0 Å². The molecule has 2 atom stereocenters. The molecule has 2 fully saturated rings. The van der Waals surface area contributed by atoms with Crippen molar-refractivity contribution in [3.05, 3.63) is 6.42 Å². The van der Waals surface area contributed by atoms with Crippen LogP contribution >= 0.6 is 0 Å². The lowest BCUT2D eigenvalue weighted by molar-refractivity contribution is 0.343. The maximum absolute atomic E-state index is 2.57. The lowest BCUT2D eigenvalue weighted by atomic mass is 9.82. The van der Waals surface area contributed by atoms with Crippen LogP contribution in [0.3, 0.4) is 0 Å². The van der Waals surface area contributed by atoms with Crippen molar-refractivity contribution in [2.24, 2.45) is 11.8 Å². The third-order valence-electron chi connectivity index (χ3n) is 2.97. The van der Waals surface area contributed by atoms with Gasteiger partial charge in [-0.2, -0.15) is 0 Å². The number of hydrogen-bond donors (Lipinski definition) is 0. The van der Waals surface area contributed by atoms with E-state index < -0.39 is 0 Å². The summed E-state index contributed by atoms with van der Waals surface area (Å²) in [6, 6.07) is 0. The fraction of sp³-hybridized carbons (Fsp3) is 0.889. The van der Waals surface area contributed by atoms with Crippen molar-refractivity contribution >= 4 is 0 Å². The Bertz CT molecular complexity index is 84.2. The highest BCUT2D eigenvalue weighted by atomic mass is 14.3. The summed E-state index contributed by atoms with van der Waals surface area (Å²) in [5, 5.41) is 0. The normalized spacial score (nSPS) is 42.7. The fourth-order valence-electron chi connectivity index (χ4n) is 2.45. The monoisotopic (exact) mass is 123 g/mol. The first kappa shape index (κ1) is 5.76. The Labute approximate surface area is 57.6 Å². The molecule has 0 aliphatic heterocycles. The molecular weight excluding hydrogens is 108 g/mol. The molecule has 0 bridgehead atoms. The van der Waals surface area contributed by atoms with Crippen molar-refractivity contribution in [1.29, 1.82) is 0 Å². The molecule has 0 aromatic rings. The van der Waals surface area contributed by atoms with Crippen LogP contribution in [-0.2, 0) is 0 Å². The zero-order chi connectivity index (χ0) is 6.10. The largest absolute Gasteiger partial charge is 0.0527 e. The molecule has 0 aromatic carbocycles. The molecule has 0 saturated heterocycles. The number of hydrogen-bond acceptors (Lipinski definition) is 0. The fourth-order valence-corrected chi connectivity index (χ4v) is 2.45. The van der Waals surface area contributed by atoms with Gasteiger partial charge < -0.3 is 0 Å². The van der Waals surface area contributed by atoms with Crippen LogP contribution in [0.1, 0.15) is 38.5 Å². The number of fused-ring (bicyclic) bond motifs is 1. The molecule has 0 aromatic heterocycles. The zero-order valence-corrected chi connectivity index (χ0v) is 5.97. The second-order valence-electron chi connectivity index (χ2n) is 3.52. The van der Waals surface area contributed by atoms with E-state index in [0.717, 1.165) is 11.8 Å². The van der Waals surface area contributed by atoms with Crippen LogP contribution < -0.4 is 0 Å². The Balaban J connectivity index is 1.97. The van der Waals surface area contributed by atoms with Crippen molar-refractivity contribution in [1.82, 2.24) is 0 Å². The Morgan fingerprint density at radius 1 is 1.00 bits per heavy atom. The molecule has 51 valence electrons. The molecule has 1 radical (unpaired) electrons. The maximum atomic E-state index is 2.57. The van der Waals surface area contributed by atoms with Crippen LogP contribution in [0.4, 0.5) is 0 Å². The second-order valence-corrected chi connectivity index (χ2v) is 3.52. The number of rotatable bonds is 0. The molecule has 2 aliphatic rings. The van der Waals surface area contributed by atoms with E-state index in [1.165, 1.54) is 38.5 Å². The second kappa shape index (κ2) is 2.32. The van der Waals surface area contributed by atoms with Crippen molar-refractivity contribution in [3.63, 3.8) is 0 Å². The maximum Gasteiger partial charge on any atom is -0.0352 e. The van der Waals surface area contributed by atoms with E-state index in [2.05, 4.69) is 6.42 Å². The summed E-state index contributed by atoms with van der Waals surface area (Å²) in [7, 11) is 0. The first-order chi connectivity index (χ1) is 4.47. The molecule has 2 rings (SSSR count). The van der Waals surface area contributed by atoms with Crippen LogP contribution in [0, 0.1) is 18.3 Å². The van der Waals surface area contributed by atoms with E-state index in [1.807, 2.05) is 0 Å². The summed E-state index contributed by atoms with van der Waals surface area (Å²) in [4.78, 5) is 0. The highest BCUT2D eigenvalue weighted by Crippen LogP contribution is 2.41. The van der Waals surface area contributed by atoms with Gasteiger partial charge in [0.05, 0.1) is 0 Å². The van der Waals surface area contributed by atoms with E-state index >= 15 is 0 Å². The van der Waals surface area contributed by atoms with E-state index in [0.29, 0.717) is 0 Å². The first-order valence-electron chi connectivity index (χ1n) is 4.30. The first-order valence-corrected chi connectivity index (χ1v) is 4.30.